The largest absolute Gasteiger partial charge is 0.368 e. The third kappa shape index (κ3) is 3.41. The number of nitrogens with one attached hydrogen (secondary N) is 1. The summed E-state index contributed by atoms with van der Waals surface area (Å²) in [4.78, 5) is 4.54. The van der Waals surface area contributed by atoms with Crippen molar-refractivity contribution >= 4 is 5.71 Å². The number of hydrogen-bond donors (Lipinski definition) is 1. The van der Waals surface area contributed by atoms with Gasteiger partial charge in [-0.3, -0.25) is 4.99 Å². The summed E-state index contributed by atoms with van der Waals surface area (Å²) in [6.45, 7) is 2.03. The van der Waals surface area contributed by atoms with Crippen LogP contribution in [0.1, 0.15) is 12.5 Å². The smallest absolute Gasteiger partial charge is 0.0445 e. The van der Waals surface area contributed by atoms with Crippen LogP contribution in [0.4, 0.5) is 0 Å². The Kier molecular flexibility index (Phi) is 4.30. The lowest BCUT2D eigenvalue weighted by molar-refractivity contribution is 1.16. The Bertz CT molecular complexity index is 734. The summed E-state index contributed by atoms with van der Waals surface area (Å²) < 4.78 is 0. The molecule has 0 radical (unpaired) electrons. The van der Waals surface area contributed by atoms with E-state index in [2.05, 4.69) is 58.8 Å². The first kappa shape index (κ1) is 14.1. The predicted molar refractivity (Wildman–Crippen MR) is 93.6 cm³/mol. The van der Waals surface area contributed by atoms with Crippen LogP contribution in [-0.2, 0) is 0 Å². The fourth-order valence-electron chi connectivity index (χ4n) is 2.27. The van der Waals surface area contributed by atoms with Crippen molar-refractivity contribution < 1.29 is 0 Å². The molecule has 2 aromatic rings. The molecule has 0 bridgehead atoms. The Balaban J connectivity index is 1.79. The minimum atomic E-state index is 1.01. The van der Waals surface area contributed by atoms with E-state index in [-0.39, 0.29) is 0 Å². The van der Waals surface area contributed by atoms with E-state index in [4.69, 9.17) is 0 Å². The highest BCUT2D eigenvalue weighted by Gasteiger charge is 1.99. The number of aliphatic imine (C=N–C) groups is 1. The lowest BCUT2D eigenvalue weighted by atomic mass is 10.0. The first-order chi connectivity index (χ1) is 10.8. The van der Waals surface area contributed by atoms with Crippen LogP contribution < -0.4 is 5.32 Å². The van der Waals surface area contributed by atoms with E-state index in [1.54, 1.807) is 0 Å². The Morgan fingerprint density at radius 3 is 2.18 bits per heavy atom. The molecule has 22 heavy (non-hydrogen) atoms. The fraction of sp³-hybridized carbons (Fsp3) is 0.0500. The topological polar surface area (TPSA) is 24.4 Å². The average molecular weight is 286 g/mol. The van der Waals surface area contributed by atoms with Gasteiger partial charge >= 0.3 is 0 Å². The maximum absolute atomic E-state index is 4.54. The van der Waals surface area contributed by atoms with E-state index in [1.165, 1.54) is 11.1 Å². The van der Waals surface area contributed by atoms with E-state index in [0.29, 0.717) is 0 Å². The van der Waals surface area contributed by atoms with Gasteiger partial charge < -0.3 is 5.32 Å². The third-order valence-corrected chi connectivity index (χ3v) is 3.56. The number of allylic oxidation sites excluding steroid dienone is 3. The second-order valence-electron chi connectivity index (χ2n) is 5.12. The molecule has 0 saturated carbocycles. The fourth-order valence-corrected chi connectivity index (χ4v) is 2.27. The molecule has 0 atom stereocenters. The molecule has 108 valence electrons. The molecule has 0 saturated heterocycles. The molecule has 0 aliphatic carbocycles. The van der Waals surface area contributed by atoms with E-state index in [9.17, 15) is 0 Å². The maximum atomic E-state index is 4.54. The van der Waals surface area contributed by atoms with E-state index in [1.807, 2.05) is 43.7 Å². The zero-order chi connectivity index (χ0) is 15.2. The SMILES string of the molecule is CC(=NC=C1C=CNC=C1)c1ccc(-c2ccccc2)cc1. The van der Waals surface area contributed by atoms with E-state index in [0.717, 1.165) is 16.8 Å². The van der Waals surface area contributed by atoms with Crippen molar-refractivity contribution in [2.45, 2.75) is 6.92 Å². The van der Waals surface area contributed by atoms with Gasteiger partial charge in [-0.1, -0.05) is 54.6 Å². The van der Waals surface area contributed by atoms with Gasteiger partial charge in [0.2, 0.25) is 0 Å². The van der Waals surface area contributed by atoms with Crippen molar-refractivity contribution in [2.24, 2.45) is 4.99 Å². The van der Waals surface area contributed by atoms with Crippen molar-refractivity contribution in [1.29, 1.82) is 0 Å². The van der Waals surface area contributed by atoms with Crippen molar-refractivity contribution in [3.63, 3.8) is 0 Å². The molecule has 1 N–H and O–H groups in total. The van der Waals surface area contributed by atoms with Crippen LogP contribution in [0.15, 0.2) is 95.9 Å². The Labute approximate surface area is 131 Å². The van der Waals surface area contributed by atoms with Gasteiger partial charge in [-0.25, -0.2) is 0 Å². The van der Waals surface area contributed by atoms with Gasteiger partial charge in [0.1, 0.15) is 0 Å². The summed E-state index contributed by atoms with van der Waals surface area (Å²) in [7, 11) is 0. The molecule has 0 unspecified atom stereocenters. The van der Waals surface area contributed by atoms with Gasteiger partial charge in [-0.15, -0.1) is 0 Å². The van der Waals surface area contributed by atoms with Crippen LogP contribution in [-0.4, -0.2) is 5.71 Å². The van der Waals surface area contributed by atoms with Crippen LogP contribution in [0, 0.1) is 0 Å². The van der Waals surface area contributed by atoms with Gasteiger partial charge in [0, 0.05) is 24.3 Å². The number of benzene rings is 2. The molecule has 2 nitrogen and oxygen atoms in total. The molecule has 0 aromatic heterocycles. The third-order valence-electron chi connectivity index (χ3n) is 3.56. The van der Waals surface area contributed by atoms with Gasteiger partial charge in [0.25, 0.3) is 0 Å². The Morgan fingerprint density at radius 1 is 0.864 bits per heavy atom. The first-order valence-corrected chi connectivity index (χ1v) is 7.32. The van der Waals surface area contributed by atoms with Crippen LogP contribution in [0.5, 0.6) is 0 Å². The molecular formula is C20H18N2. The summed E-state index contributed by atoms with van der Waals surface area (Å²) in [6, 6.07) is 18.9. The van der Waals surface area contributed by atoms with E-state index >= 15 is 0 Å². The normalized spacial score (nSPS) is 13.9. The van der Waals surface area contributed by atoms with Crippen LogP contribution in [0.2, 0.25) is 0 Å². The standard InChI is InChI=1S/C20H18N2/c1-16(22-15-17-11-13-21-14-12-17)18-7-9-20(10-8-18)19-5-3-2-4-6-19/h2-15,21H,1H3. The number of nitrogens with zero attached hydrogens (tertiary/aromatic N) is 1. The Morgan fingerprint density at radius 2 is 1.50 bits per heavy atom. The van der Waals surface area contributed by atoms with Crippen molar-refractivity contribution in [2.75, 3.05) is 0 Å². The monoisotopic (exact) mass is 286 g/mol. The predicted octanol–water partition coefficient (Wildman–Crippen LogP) is 4.68. The molecule has 0 spiro atoms. The molecule has 2 aromatic carbocycles. The molecule has 1 heterocycles. The summed E-state index contributed by atoms with van der Waals surface area (Å²) >= 11 is 0. The first-order valence-electron chi connectivity index (χ1n) is 7.32. The Hall–Kier alpha value is -2.87. The van der Waals surface area contributed by atoms with E-state index < -0.39 is 0 Å². The molecule has 2 heteroatoms. The average Bonchev–Trinajstić information content (AvgIpc) is 2.61. The van der Waals surface area contributed by atoms with Crippen LogP contribution in [0.25, 0.3) is 11.1 Å². The zero-order valence-electron chi connectivity index (χ0n) is 12.5. The molecule has 1 aliphatic heterocycles. The maximum Gasteiger partial charge on any atom is 0.0445 e. The molecule has 0 amide bonds. The van der Waals surface area contributed by atoms with Crippen LogP contribution >= 0.6 is 0 Å². The van der Waals surface area contributed by atoms with Gasteiger partial charge in [0.15, 0.2) is 0 Å². The molecule has 0 fully saturated rings. The second kappa shape index (κ2) is 6.72. The highest BCUT2D eigenvalue weighted by Crippen LogP contribution is 2.19. The summed E-state index contributed by atoms with van der Waals surface area (Å²) in [6.07, 6.45) is 9.66. The number of rotatable bonds is 3. The van der Waals surface area contributed by atoms with Gasteiger partial charge in [-0.05, 0) is 41.3 Å². The lowest BCUT2D eigenvalue weighted by Gasteiger charge is -2.04. The highest BCUT2D eigenvalue weighted by molar-refractivity contribution is 5.99. The van der Waals surface area contributed by atoms with Crippen molar-refractivity contribution in [3.05, 3.63) is 96.5 Å². The quantitative estimate of drug-likeness (QED) is 0.814. The summed E-state index contributed by atoms with van der Waals surface area (Å²) in [5.41, 5.74) is 5.68. The molecule has 3 rings (SSSR count). The highest BCUT2D eigenvalue weighted by atomic mass is 14.8. The molecule has 1 aliphatic rings. The molecular weight excluding hydrogens is 268 g/mol. The van der Waals surface area contributed by atoms with Crippen LogP contribution in [0.3, 0.4) is 0 Å². The van der Waals surface area contributed by atoms with Gasteiger partial charge in [0.05, 0.1) is 0 Å². The minimum absolute atomic E-state index is 1.01. The van der Waals surface area contributed by atoms with Crippen molar-refractivity contribution in [3.8, 4) is 11.1 Å². The lowest BCUT2D eigenvalue weighted by Crippen LogP contribution is -1.97. The van der Waals surface area contributed by atoms with Crippen molar-refractivity contribution in [1.82, 2.24) is 5.32 Å². The number of hydrogen-bond acceptors (Lipinski definition) is 2. The number of dihydropyridines is 1. The zero-order valence-corrected chi connectivity index (χ0v) is 12.5. The summed E-state index contributed by atoms with van der Waals surface area (Å²) in [5.74, 6) is 0. The second-order valence-corrected chi connectivity index (χ2v) is 5.12. The minimum Gasteiger partial charge on any atom is -0.368 e. The summed E-state index contributed by atoms with van der Waals surface area (Å²) in [5, 5.41) is 3.01. The van der Waals surface area contributed by atoms with Gasteiger partial charge in [-0.2, -0.15) is 0 Å².